The maximum Gasteiger partial charge on any atom is 0.325 e. The van der Waals surface area contributed by atoms with E-state index in [0.29, 0.717) is 16.1 Å². The Morgan fingerprint density at radius 3 is 2.72 bits per heavy atom. The molecular weight excluding hydrogens is 690 g/mol. The molecule has 22 heteroatoms. The Balaban J connectivity index is 1.19. The number of rotatable bonds is 2. The summed E-state index contributed by atoms with van der Waals surface area (Å²) in [6.07, 6.45) is -6.62. The number of nitrogens with zero attached hydrogens (tertiary/aromatic N) is 6. The summed E-state index contributed by atoms with van der Waals surface area (Å²) in [5.41, 5.74) is 6.46. The zero-order chi connectivity index (χ0) is 32.8. The molecule has 3 aromatic heterocycles. The minimum atomic E-state index is -4.56. The first-order valence-corrected chi connectivity index (χ1v) is 18.3. The molecule has 4 unspecified atom stereocenters. The van der Waals surface area contributed by atoms with Crippen molar-refractivity contribution >= 4 is 73.2 Å². The molecule has 0 aliphatic carbocycles. The van der Waals surface area contributed by atoms with Crippen molar-refractivity contribution in [1.82, 2.24) is 29.1 Å². The van der Waals surface area contributed by atoms with Crippen LogP contribution in [0, 0.1) is 6.92 Å². The minimum Gasteiger partial charge on any atom is -0.386 e. The summed E-state index contributed by atoms with van der Waals surface area (Å²) in [7, 11) is 1.40. The van der Waals surface area contributed by atoms with E-state index in [2.05, 4.69) is 19.9 Å². The van der Waals surface area contributed by atoms with E-state index in [9.17, 15) is 14.6 Å². The van der Waals surface area contributed by atoms with Crippen LogP contribution in [0.15, 0.2) is 31.1 Å². The number of hydrogen-bond donors (Lipinski definition) is 3. The fourth-order valence-corrected chi connectivity index (χ4v) is 8.52. The van der Waals surface area contributed by atoms with E-state index in [-0.39, 0.29) is 17.0 Å². The van der Waals surface area contributed by atoms with Gasteiger partial charge < -0.3 is 43.3 Å². The summed E-state index contributed by atoms with van der Waals surface area (Å²) in [5, 5.41) is 11.9. The SMILES string of the molecule is [B]P1(=O)OC[C@@]2(C)O[C@@H](n3cnc4cc(C)c(Cl)cc43)[C@@H](O)C2OP(O)(=S)OC[C@H]2O[C@@H](n3cnc4c(N)ncnc43)C(F)[C@H]2O1. The van der Waals surface area contributed by atoms with E-state index in [1.54, 1.807) is 12.1 Å². The van der Waals surface area contributed by atoms with Crippen molar-refractivity contribution in [1.29, 1.82) is 0 Å². The molecule has 4 N–H and O–H groups in total. The van der Waals surface area contributed by atoms with Gasteiger partial charge in [0.1, 0.15) is 41.9 Å². The average Bonchev–Trinajstić information content (AvgIpc) is 3.73. The van der Waals surface area contributed by atoms with Crippen LogP contribution in [0.25, 0.3) is 22.2 Å². The number of fused-ring (bicyclic) bond motifs is 4. The van der Waals surface area contributed by atoms with Crippen LogP contribution in [0.1, 0.15) is 24.9 Å². The van der Waals surface area contributed by atoms with Gasteiger partial charge in [-0.05, 0) is 43.4 Å². The number of hydrogen-bond acceptors (Lipinski definition) is 14. The standard InChI is InChI=1S/C24H26BClFN7O9P2S/c1-10-3-12-13(4-11(10)26)33(8-31-12)23-17(35)19-24(2,41-23)6-39-44(25,36)42-18-14(5-38-45(37,46)43-19)40-22(15(18)27)34-9-32-16-20(28)29-7-30-21(16)34/h3-4,7-9,14-15,17-19,22-23,35H,5-6H2,1-2H3,(H,37,46)(H2,28,29,30)/t14-,15?,17+,18+,19?,22-,23-,24-,44?,45?/m1/s1. The van der Waals surface area contributed by atoms with Gasteiger partial charge in [-0.15, -0.1) is 0 Å². The van der Waals surface area contributed by atoms with Gasteiger partial charge in [0.2, 0.25) is 7.57 Å². The van der Waals surface area contributed by atoms with Crippen molar-refractivity contribution in [3.05, 3.63) is 41.7 Å². The molecule has 3 fully saturated rings. The van der Waals surface area contributed by atoms with Gasteiger partial charge in [-0.1, -0.05) is 11.6 Å². The molecule has 0 saturated carbocycles. The topological polar surface area (TPSA) is 200 Å². The number of nitrogens with two attached hydrogens (primary N) is 1. The van der Waals surface area contributed by atoms with Gasteiger partial charge in [-0.3, -0.25) is 13.7 Å². The van der Waals surface area contributed by atoms with Gasteiger partial charge in [0, 0.05) is 5.02 Å². The van der Waals surface area contributed by atoms with Gasteiger partial charge in [-0.25, -0.2) is 24.3 Å². The molecule has 10 atom stereocenters. The first-order valence-electron chi connectivity index (χ1n) is 13.7. The molecular formula is C24H26BClFN7O9P2S. The first kappa shape index (κ1) is 32.4. The lowest BCUT2D eigenvalue weighted by Crippen LogP contribution is -2.46. The highest BCUT2D eigenvalue weighted by molar-refractivity contribution is 8.07. The van der Waals surface area contributed by atoms with Crippen LogP contribution in [-0.2, 0) is 43.9 Å². The molecule has 244 valence electrons. The quantitative estimate of drug-likeness (QED) is 0.202. The molecule has 0 amide bonds. The number of benzene rings is 1. The smallest absolute Gasteiger partial charge is 0.325 e. The maximum atomic E-state index is 16.1. The lowest BCUT2D eigenvalue weighted by atomic mass is 9.98. The third-order valence-electron chi connectivity index (χ3n) is 8.10. The fraction of sp³-hybridized carbons (Fsp3) is 0.500. The lowest BCUT2D eigenvalue weighted by molar-refractivity contribution is -0.113. The second-order valence-electron chi connectivity index (χ2n) is 11.3. The first-order chi connectivity index (χ1) is 21.7. The molecule has 7 rings (SSSR count). The average molecular weight is 716 g/mol. The Bertz CT molecular complexity index is 1940. The van der Waals surface area contributed by atoms with E-state index in [1.807, 2.05) is 6.92 Å². The summed E-state index contributed by atoms with van der Waals surface area (Å²) in [5.74, 6) is 0.0621. The van der Waals surface area contributed by atoms with Crippen LogP contribution in [0.3, 0.4) is 0 Å². The predicted molar refractivity (Wildman–Crippen MR) is 164 cm³/mol. The summed E-state index contributed by atoms with van der Waals surface area (Å²) >= 11 is 11.6. The van der Waals surface area contributed by atoms with E-state index in [0.717, 1.165) is 5.56 Å². The molecule has 3 aliphatic heterocycles. The molecule has 46 heavy (non-hydrogen) atoms. The number of aryl methyl sites for hydroxylation is 1. The number of halogens is 2. The highest BCUT2D eigenvalue weighted by Crippen LogP contribution is 2.56. The van der Waals surface area contributed by atoms with Gasteiger partial charge in [0.05, 0.1) is 36.9 Å². The Morgan fingerprint density at radius 2 is 1.93 bits per heavy atom. The van der Waals surface area contributed by atoms with Crippen LogP contribution >= 0.6 is 25.8 Å². The zero-order valence-corrected chi connectivity index (χ0v) is 27.4. The molecule has 3 saturated heterocycles. The van der Waals surface area contributed by atoms with Crippen molar-refractivity contribution in [3.63, 3.8) is 0 Å². The van der Waals surface area contributed by atoms with Crippen LogP contribution < -0.4 is 5.73 Å². The molecule has 16 nitrogen and oxygen atoms in total. The Kier molecular flexibility index (Phi) is 8.11. The van der Waals surface area contributed by atoms with E-state index < -0.39 is 76.1 Å². The molecule has 0 bridgehead atoms. The number of nitrogen functional groups attached to an aromatic ring is 1. The number of anilines is 1. The number of aliphatic hydroxyl groups is 1. The normalized spacial score (nSPS) is 38.8. The largest absolute Gasteiger partial charge is 0.386 e. The van der Waals surface area contributed by atoms with Crippen molar-refractivity contribution in [3.8, 4) is 0 Å². The number of ether oxygens (including phenoxy) is 2. The number of imidazole rings is 2. The fourth-order valence-electron chi connectivity index (χ4n) is 5.78. The van der Waals surface area contributed by atoms with Crippen LogP contribution in [0.5, 0.6) is 0 Å². The minimum absolute atomic E-state index is 0.0621. The van der Waals surface area contributed by atoms with Gasteiger partial charge in [-0.2, -0.15) is 0 Å². The molecule has 3 aliphatic rings. The number of alkyl halides is 1. The summed E-state index contributed by atoms with van der Waals surface area (Å²) in [6, 6.07) is 3.43. The van der Waals surface area contributed by atoms with Crippen LogP contribution in [0.2, 0.25) is 5.02 Å². The van der Waals surface area contributed by atoms with E-state index in [1.165, 1.54) is 35.0 Å². The van der Waals surface area contributed by atoms with Crippen molar-refractivity contribution in [2.45, 2.75) is 62.5 Å². The van der Waals surface area contributed by atoms with Crippen LogP contribution in [0.4, 0.5) is 10.2 Å². The maximum absolute atomic E-state index is 16.1. The summed E-state index contributed by atoms with van der Waals surface area (Å²) in [4.78, 5) is 27.6. The van der Waals surface area contributed by atoms with E-state index in [4.69, 9.17) is 64.3 Å². The van der Waals surface area contributed by atoms with Crippen LogP contribution in [-0.4, -0.2) is 96.0 Å². The molecule has 1 aromatic carbocycles. The third kappa shape index (κ3) is 5.59. The Labute approximate surface area is 271 Å². The van der Waals surface area contributed by atoms with Crippen molar-refractivity contribution < 1.29 is 46.5 Å². The summed E-state index contributed by atoms with van der Waals surface area (Å²) < 4.78 is 66.9. The molecule has 4 aromatic rings. The highest BCUT2D eigenvalue weighted by Gasteiger charge is 2.57. The third-order valence-corrected chi connectivity index (χ3v) is 11.1. The van der Waals surface area contributed by atoms with Gasteiger partial charge in [0.15, 0.2) is 30.1 Å². The monoisotopic (exact) mass is 715 g/mol. The van der Waals surface area contributed by atoms with E-state index >= 15 is 4.39 Å². The highest BCUT2D eigenvalue weighted by atomic mass is 35.5. The van der Waals surface area contributed by atoms with Gasteiger partial charge >= 0.3 is 6.72 Å². The predicted octanol–water partition coefficient (Wildman–Crippen LogP) is 2.61. The van der Waals surface area contributed by atoms with Crippen molar-refractivity contribution in [2.75, 3.05) is 18.9 Å². The van der Waals surface area contributed by atoms with Gasteiger partial charge in [0.25, 0.3) is 7.47 Å². The zero-order valence-electron chi connectivity index (χ0n) is 24.0. The summed E-state index contributed by atoms with van der Waals surface area (Å²) in [6.45, 7) is -2.12. The Morgan fingerprint density at radius 1 is 1.17 bits per heavy atom. The molecule has 6 heterocycles. The second-order valence-corrected chi connectivity index (χ2v) is 16.1. The lowest BCUT2D eigenvalue weighted by Gasteiger charge is -2.35. The second kappa shape index (κ2) is 11.5. The number of aliphatic hydroxyl groups excluding tert-OH is 1. The number of aromatic nitrogens is 6. The molecule has 0 spiro atoms. The Hall–Kier alpha value is -2.12. The van der Waals surface area contributed by atoms with Crippen molar-refractivity contribution in [2.24, 2.45) is 0 Å². The molecule has 2 radical (unpaired) electrons.